The van der Waals surface area contributed by atoms with Gasteiger partial charge in [0.15, 0.2) is 0 Å². The summed E-state index contributed by atoms with van der Waals surface area (Å²) in [5, 5.41) is 0. The Labute approximate surface area is 137 Å². The van der Waals surface area contributed by atoms with Crippen LogP contribution in [0.2, 0.25) is 0 Å². The van der Waals surface area contributed by atoms with Crippen molar-refractivity contribution >= 4 is 41.9 Å². The van der Waals surface area contributed by atoms with Crippen molar-refractivity contribution in [3.63, 3.8) is 0 Å². The molecule has 3 nitrogen and oxygen atoms in total. The standard InChI is InChI=1S/C14H19Br2NO2S/c1-10-2-4-11(5-3-10)9-17-20(18,19)14-7-6-12(15)8-13(14)16/h6-8,10-11,17H,2-5,9H2,1H3. The van der Waals surface area contributed by atoms with E-state index in [0.29, 0.717) is 21.8 Å². The number of hydrogen-bond donors (Lipinski definition) is 1. The minimum absolute atomic E-state index is 0.296. The number of rotatable bonds is 4. The Morgan fingerprint density at radius 1 is 1.20 bits per heavy atom. The van der Waals surface area contributed by atoms with Gasteiger partial charge in [0.1, 0.15) is 0 Å². The number of benzene rings is 1. The van der Waals surface area contributed by atoms with Gasteiger partial charge in [0.2, 0.25) is 10.0 Å². The molecule has 2 rings (SSSR count). The summed E-state index contributed by atoms with van der Waals surface area (Å²) in [6, 6.07) is 5.10. The summed E-state index contributed by atoms with van der Waals surface area (Å²) in [7, 11) is -3.44. The van der Waals surface area contributed by atoms with E-state index in [1.807, 2.05) is 0 Å². The number of halogens is 2. The largest absolute Gasteiger partial charge is 0.241 e. The molecule has 20 heavy (non-hydrogen) atoms. The van der Waals surface area contributed by atoms with Gasteiger partial charge in [-0.05, 0) is 58.8 Å². The van der Waals surface area contributed by atoms with Crippen LogP contribution in [0.25, 0.3) is 0 Å². The van der Waals surface area contributed by atoms with Crippen molar-refractivity contribution in [3.05, 3.63) is 27.1 Å². The second kappa shape index (κ2) is 6.90. The third-order valence-corrected chi connectivity index (χ3v) is 6.77. The second-order valence-corrected chi connectivity index (χ2v) is 9.06. The zero-order valence-electron chi connectivity index (χ0n) is 11.4. The Balaban J connectivity index is 2.00. The smallest absolute Gasteiger partial charge is 0.211 e. The van der Waals surface area contributed by atoms with Gasteiger partial charge >= 0.3 is 0 Å². The van der Waals surface area contributed by atoms with Gasteiger partial charge in [0.25, 0.3) is 0 Å². The molecule has 1 aliphatic rings. The minimum atomic E-state index is -3.44. The molecular weight excluding hydrogens is 406 g/mol. The molecule has 1 aromatic rings. The van der Waals surface area contributed by atoms with Gasteiger partial charge in [-0.1, -0.05) is 35.7 Å². The van der Waals surface area contributed by atoms with Crippen LogP contribution in [0.3, 0.4) is 0 Å². The van der Waals surface area contributed by atoms with Crippen LogP contribution in [0.15, 0.2) is 32.0 Å². The molecule has 6 heteroatoms. The van der Waals surface area contributed by atoms with Crippen molar-refractivity contribution in [1.82, 2.24) is 4.72 Å². The average Bonchev–Trinajstić information content (AvgIpc) is 2.37. The van der Waals surface area contributed by atoms with E-state index >= 15 is 0 Å². The van der Waals surface area contributed by atoms with Gasteiger partial charge in [-0.2, -0.15) is 0 Å². The normalized spacial score (nSPS) is 23.8. The third kappa shape index (κ3) is 4.29. The zero-order chi connectivity index (χ0) is 14.8. The molecule has 1 N–H and O–H groups in total. The molecule has 0 amide bonds. The maximum atomic E-state index is 12.3. The van der Waals surface area contributed by atoms with E-state index in [0.717, 1.165) is 23.2 Å². The first-order chi connectivity index (χ1) is 9.38. The van der Waals surface area contributed by atoms with E-state index in [2.05, 4.69) is 43.5 Å². The van der Waals surface area contributed by atoms with Crippen LogP contribution < -0.4 is 4.72 Å². The molecule has 0 aromatic heterocycles. The number of nitrogens with one attached hydrogen (secondary N) is 1. The number of hydrogen-bond acceptors (Lipinski definition) is 2. The van der Waals surface area contributed by atoms with Gasteiger partial charge in [-0.15, -0.1) is 0 Å². The van der Waals surface area contributed by atoms with E-state index in [4.69, 9.17) is 0 Å². The van der Waals surface area contributed by atoms with E-state index in [-0.39, 0.29) is 0 Å². The lowest BCUT2D eigenvalue weighted by atomic mass is 9.83. The molecule has 1 aliphatic carbocycles. The Morgan fingerprint density at radius 2 is 1.85 bits per heavy atom. The lowest BCUT2D eigenvalue weighted by molar-refractivity contribution is 0.290. The summed E-state index contributed by atoms with van der Waals surface area (Å²) in [5.41, 5.74) is 0. The SMILES string of the molecule is CC1CCC(CNS(=O)(=O)c2ccc(Br)cc2Br)CC1. The van der Waals surface area contributed by atoms with Crippen molar-refractivity contribution in [2.75, 3.05) is 6.54 Å². The molecule has 0 saturated heterocycles. The fourth-order valence-corrected chi connectivity index (χ4v) is 5.39. The van der Waals surface area contributed by atoms with E-state index in [9.17, 15) is 8.42 Å². The molecule has 112 valence electrons. The highest BCUT2D eigenvalue weighted by molar-refractivity contribution is 9.11. The Hall–Kier alpha value is 0.0900. The van der Waals surface area contributed by atoms with Crippen LogP contribution in [0.4, 0.5) is 0 Å². The minimum Gasteiger partial charge on any atom is -0.211 e. The molecule has 0 unspecified atom stereocenters. The van der Waals surface area contributed by atoms with Crippen molar-refractivity contribution < 1.29 is 8.42 Å². The summed E-state index contributed by atoms with van der Waals surface area (Å²) < 4.78 is 28.8. The molecule has 1 aromatic carbocycles. The first-order valence-corrected chi connectivity index (χ1v) is 9.90. The van der Waals surface area contributed by atoms with Gasteiger partial charge in [0, 0.05) is 15.5 Å². The Morgan fingerprint density at radius 3 is 2.45 bits per heavy atom. The number of sulfonamides is 1. The fraction of sp³-hybridized carbons (Fsp3) is 0.571. The topological polar surface area (TPSA) is 46.2 Å². The molecule has 0 spiro atoms. The van der Waals surface area contributed by atoms with Crippen LogP contribution in [-0.4, -0.2) is 15.0 Å². The first-order valence-electron chi connectivity index (χ1n) is 6.83. The third-order valence-electron chi connectivity index (χ3n) is 3.88. The molecule has 0 aliphatic heterocycles. The van der Waals surface area contributed by atoms with E-state index < -0.39 is 10.0 Å². The summed E-state index contributed by atoms with van der Waals surface area (Å²) in [6.07, 6.45) is 4.64. The monoisotopic (exact) mass is 423 g/mol. The fourth-order valence-electron chi connectivity index (χ4n) is 2.53. The van der Waals surface area contributed by atoms with Crippen molar-refractivity contribution in [1.29, 1.82) is 0 Å². The molecule has 0 heterocycles. The summed E-state index contributed by atoms with van der Waals surface area (Å²) in [5.74, 6) is 1.25. The highest BCUT2D eigenvalue weighted by Crippen LogP contribution is 2.29. The van der Waals surface area contributed by atoms with Crippen molar-refractivity contribution in [2.24, 2.45) is 11.8 Å². The van der Waals surface area contributed by atoms with Crippen LogP contribution in [0.1, 0.15) is 32.6 Å². The lowest BCUT2D eigenvalue weighted by Gasteiger charge is -2.26. The Kier molecular flexibility index (Phi) is 5.68. The van der Waals surface area contributed by atoms with Gasteiger partial charge in [0.05, 0.1) is 4.90 Å². The van der Waals surface area contributed by atoms with E-state index in [1.54, 1.807) is 18.2 Å². The van der Waals surface area contributed by atoms with Crippen LogP contribution in [0, 0.1) is 11.8 Å². The molecular formula is C14H19Br2NO2S. The van der Waals surface area contributed by atoms with Crippen LogP contribution in [-0.2, 0) is 10.0 Å². The Bertz CT molecular complexity index is 567. The van der Waals surface area contributed by atoms with Crippen LogP contribution in [0.5, 0.6) is 0 Å². The van der Waals surface area contributed by atoms with Crippen molar-refractivity contribution in [3.8, 4) is 0 Å². The van der Waals surface area contributed by atoms with Crippen LogP contribution >= 0.6 is 31.9 Å². The van der Waals surface area contributed by atoms with Crippen molar-refractivity contribution in [2.45, 2.75) is 37.5 Å². The predicted octanol–water partition coefficient (Wildman–Crippen LogP) is 4.32. The molecule has 0 atom stereocenters. The highest BCUT2D eigenvalue weighted by Gasteiger charge is 2.22. The quantitative estimate of drug-likeness (QED) is 0.782. The second-order valence-electron chi connectivity index (χ2n) is 5.55. The van der Waals surface area contributed by atoms with Gasteiger partial charge < -0.3 is 0 Å². The molecule has 0 radical (unpaired) electrons. The van der Waals surface area contributed by atoms with Gasteiger partial charge in [-0.25, -0.2) is 13.1 Å². The maximum Gasteiger partial charge on any atom is 0.241 e. The lowest BCUT2D eigenvalue weighted by Crippen LogP contribution is -2.31. The van der Waals surface area contributed by atoms with E-state index in [1.165, 1.54) is 12.8 Å². The summed E-state index contributed by atoms with van der Waals surface area (Å²) >= 11 is 6.63. The van der Waals surface area contributed by atoms with Gasteiger partial charge in [-0.3, -0.25) is 0 Å². The molecule has 1 fully saturated rings. The zero-order valence-corrected chi connectivity index (χ0v) is 15.4. The molecule has 0 bridgehead atoms. The predicted molar refractivity (Wildman–Crippen MR) is 88.2 cm³/mol. The summed E-state index contributed by atoms with van der Waals surface area (Å²) in [4.78, 5) is 0.296. The first kappa shape index (κ1) is 16.5. The molecule has 1 saturated carbocycles. The average molecular weight is 425 g/mol. The highest BCUT2D eigenvalue weighted by atomic mass is 79.9. The summed E-state index contributed by atoms with van der Waals surface area (Å²) in [6.45, 7) is 2.80. The maximum absolute atomic E-state index is 12.3.